The van der Waals surface area contributed by atoms with Gasteiger partial charge in [0.15, 0.2) is 0 Å². The van der Waals surface area contributed by atoms with Crippen molar-refractivity contribution in [3.63, 3.8) is 0 Å². The molecule has 1 rings (SSSR count). The molecule has 1 aromatic carbocycles. The van der Waals surface area contributed by atoms with E-state index in [0.717, 1.165) is 12.0 Å². The normalized spacial score (nSPS) is 12.0. The third kappa shape index (κ3) is 5.99. The minimum atomic E-state index is -0.222. The number of benzene rings is 1. The quantitative estimate of drug-likeness (QED) is 0.752. The summed E-state index contributed by atoms with van der Waals surface area (Å²) < 4.78 is 5.19. The maximum absolute atomic E-state index is 11.7. The minimum absolute atomic E-state index is 0.188. The Morgan fingerprint density at radius 2 is 2.15 bits per heavy atom. The number of halogens is 2. The molecule has 0 aromatic heterocycles. The van der Waals surface area contributed by atoms with Gasteiger partial charge in [0.1, 0.15) is 0 Å². The van der Waals surface area contributed by atoms with Crippen LogP contribution in [0, 0.1) is 0 Å². The second-order valence-electron chi connectivity index (χ2n) is 4.34. The highest BCUT2D eigenvalue weighted by Crippen LogP contribution is 2.25. The number of carbonyl (C=O) groups excluding carboxylic acids is 1. The molecule has 0 fully saturated rings. The van der Waals surface area contributed by atoms with Gasteiger partial charge in [0.25, 0.3) is 0 Å². The second-order valence-corrected chi connectivity index (χ2v) is 5.18. The Labute approximate surface area is 129 Å². The van der Waals surface area contributed by atoms with E-state index in [-0.39, 0.29) is 12.1 Å². The van der Waals surface area contributed by atoms with Crippen LogP contribution < -0.4 is 10.6 Å². The van der Waals surface area contributed by atoms with Crippen LogP contribution >= 0.6 is 23.2 Å². The van der Waals surface area contributed by atoms with Crippen molar-refractivity contribution in [1.82, 2.24) is 10.6 Å². The highest BCUT2D eigenvalue weighted by molar-refractivity contribution is 6.35. The molecule has 0 bridgehead atoms. The van der Waals surface area contributed by atoms with Crippen LogP contribution in [-0.4, -0.2) is 25.8 Å². The van der Waals surface area contributed by atoms with Crippen molar-refractivity contribution in [2.45, 2.75) is 26.3 Å². The molecule has 20 heavy (non-hydrogen) atoms. The zero-order valence-corrected chi connectivity index (χ0v) is 13.2. The zero-order chi connectivity index (χ0) is 15.0. The van der Waals surface area contributed by atoms with Gasteiger partial charge >= 0.3 is 6.03 Å². The van der Waals surface area contributed by atoms with E-state index in [1.54, 1.807) is 12.1 Å². The number of hydrogen-bond donors (Lipinski definition) is 2. The van der Waals surface area contributed by atoms with E-state index in [0.29, 0.717) is 29.8 Å². The summed E-state index contributed by atoms with van der Waals surface area (Å²) in [6.45, 7) is 5.73. The van der Waals surface area contributed by atoms with Gasteiger partial charge in [0.2, 0.25) is 0 Å². The van der Waals surface area contributed by atoms with Gasteiger partial charge in [-0.1, -0.05) is 29.3 Å². The maximum Gasteiger partial charge on any atom is 0.315 e. The van der Waals surface area contributed by atoms with E-state index >= 15 is 0 Å². The minimum Gasteiger partial charge on any atom is -0.382 e. The Balaban J connectivity index is 2.37. The van der Waals surface area contributed by atoms with Gasteiger partial charge in [-0.3, -0.25) is 0 Å². The number of urea groups is 1. The van der Waals surface area contributed by atoms with Crippen LogP contribution in [0.3, 0.4) is 0 Å². The number of ether oxygens (including phenoxy) is 1. The molecule has 4 nitrogen and oxygen atoms in total. The third-order valence-electron chi connectivity index (χ3n) is 2.73. The lowest BCUT2D eigenvalue weighted by atomic mass is 10.1. The number of nitrogens with one attached hydrogen (secondary N) is 2. The maximum atomic E-state index is 11.7. The smallest absolute Gasteiger partial charge is 0.315 e. The molecule has 0 spiro atoms. The van der Waals surface area contributed by atoms with Crippen LogP contribution in [0.25, 0.3) is 0 Å². The largest absolute Gasteiger partial charge is 0.382 e. The summed E-state index contributed by atoms with van der Waals surface area (Å²) in [5.74, 6) is 0. The molecular formula is C14H20Cl2N2O2. The first-order valence-corrected chi connectivity index (χ1v) is 7.37. The fraction of sp³-hybridized carbons (Fsp3) is 0.500. The highest BCUT2D eigenvalue weighted by Gasteiger charge is 2.12. The summed E-state index contributed by atoms with van der Waals surface area (Å²) in [6.07, 6.45) is 0.789. The molecule has 0 radical (unpaired) electrons. The second kappa shape index (κ2) is 9.06. The van der Waals surface area contributed by atoms with Crippen molar-refractivity contribution in [1.29, 1.82) is 0 Å². The lowest BCUT2D eigenvalue weighted by Gasteiger charge is -2.16. The zero-order valence-electron chi connectivity index (χ0n) is 11.7. The molecule has 1 atom stereocenters. The summed E-state index contributed by atoms with van der Waals surface area (Å²) in [6, 6.07) is 4.81. The summed E-state index contributed by atoms with van der Waals surface area (Å²) >= 11 is 11.9. The van der Waals surface area contributed by atoms with Crippen LogP contribution in [0.5, 0.6) is 0 Å². The third-order valence-corrected chi connectivity index (χ3v) is 3.29. The predicted octanol–water partition coefficient (Wildman–Crippen LogP) is 3.78. The Morgan fingerprint density at radius 1 is 1.40 bits per heavy atom. The molecule has 1 aromatic rings. The van der Waals surface area contributed by atoms with Crippen LogP contribution in [-0.2, 0) is 4.74 Å². The summed E-state index contributed by atoms with van der Waals surface area (Å²) in [5, 5.41) is 6.72. The van der Waals surface area contributed by atoms with Crippen molar-refractivity contribution in [3.8, 4) is 0 Å². The van der Waals surface area contributed by atoms with E-state index in [1.807, 2.05) is 19.9 Å². The van der Waals surface area contributed by atoms with E-state index in [2.05, 4.69) is 10.6 Å². The van der Waals surface area contributed by atoms with E-state index in [4.69, 9.17) is 27.9 Å². The molecule has 0 saturated heterocycles. The molecular weight excluding hydrogens is 299 g/mol. The van der Waals surface area contributed by atoms with Crippen LogP contribution in [0.2, 0.25) is 10.0 Å². The van der Waals surface area contributed by atoms with Gasteiger partial charge in [0, 0.05) is 29.8 Å². The fourth-order valence-corrected chi connectivity index (χ4v) is 2.27. The molecule has 0 aliphatic heterocycles. The molecule has 0 aliphatic carbocycles. The van der Waals surface area contributed by atoms with Gasteiger partial charge in [-0.2, -0.15) is 0 Å². The lowest BCUT2D eigenvalue weighted by Crippen LogP contribution is -2.37. The first kappa shape index (κ1) is 17.1. The number of amides is 2. The molecule has 0 heterocycles. The van der Waals surface area contributed by atoms with Gasteiger partial charge in [-0.05, 0) is 38.0 Å². The first-order valence-electron chi connectivity index (χ1n) is 6.61. The topological polar surface area (TPSA) is 50.4 Å². The molecule has 1 unspecified atom stereocenters. The average Bonchev–Trinajstić information content (AvgIpc) is 2.38. The Bertz CT molecular complexity index is 441. The molecule has 2 N–H and O–H groups in total. The number of carbonyl (C=O) groups is 1. The monoisotopic (exact) mass is 318 g/mol. The van der Waals surface area contributed by atoms with Crippen molar-refractivity contribution < 1.29 is 9.53 Å². The van der Waals surface area contributed by atoms with Crippen molar-refractivity contribution in [2.24, 2.45) is 0 Å². The van der Waals surface area contributed by atoms with Crippen molar-refractivity contribution in [2.75, 3.05) is 19.8 Å². The Kier molecular flexibility index (Phi) is 7.73. The summed E-state index contributed by atoms with van der Waals surface area (Å²) in [4.78, 5) is 11.7. The molecule has 0 saturated carbocycles. The van der Waals surface area contributed by atoms with Gasteiger partial charge < -0.3 is 15.4 Å². The van der Waals surface area contributed by atoms with Crippen LogP contribution in [0.4, 0.5) is 4.79 Å². The van der Waals surface area contributed by atoms with Gasteiger partial charge in [0.05, 0.1) is 6.04 Å². The lowest BCUT2D eigenvalue weighted by molar-refractivity contribution is 0.145. The SMILES string of the molecule is CCOCCCNC(=O)NC(C)c1ccc(Cl)cc1Cl. The van der Waals surface area contributed by atoms with Crippen LogP contribution in [0.15, 0.2) is 18.2 Å². The standard InChI is InChI=1S/C14H20Cl2N2O2/c1-3-20-8-4-7-17-14(19)18-10(2)12-6-5-11(15)9-13(12)16/h5-6,9-10H,3-4,7-8H2,1-2H3,(H2,17,18,19). The average molecular weight is 319 g/mol. The van der Waals surface area contributed by atoms with Crippen LogP contribution in [0.1, 0.15) is 31.9 Å². The van der Waals surface area contributed by atoms with Crippen molar-refractivity contribution in [3.05, 3.63) is 33.8 Å². The molecule has 0 aliphatic rings. The first-order chi connectivity index (χ1) is 9.54. The number of hydrogen-bond acceptors (Lipinski definition) is 2. The molecule has 6 heteroatoms. The van der Waals surface area contributed by atoms with Gasteiger partial charge in [-0.25, -0.2) is 4.79 Å². The number of rotatable bonds is 7. The molecule has 112 valence electrons. The Morgan fingerprint density at radius 3 is 2.80 bits per heavy atom. The van der Waals surface area contributed by atoms with Crippen molar-refractivity contribution >= 4 is 29.2 Å². The van der Waals surface area contributed by atoms with E-state index in [1.165, 1.54) is 0 Å². The fourth-order valence-electron chi connectivity index (χ4n) is 1.70. The summed E-state index contributed by atoms with van der Waals surface area (Å²) in [5.41, 5.74) is 0.834. The molecule has 2 amide bonds. The van der Waals surface area contributed by atoms with E-state index < -0.39 is 0 Å². The van der Waals surface area contributed by atoms with E-state index in [9.17, 15) is 4.79 Å². The van der Waals surface area contributed by atoms with Gasteiger partial charge in [-0.15, -0.1) is 0 Å². The predicted molar refractivity (Wildman–Crippen MR) is 82.5 cm³/mol. The highest BCUT2D eigenvalue weighted by atomic mass is 35.5. The Hall–Kier alpha value is -0.970. The summed E-state index contributed by atoms with van der Waals surface area (Å²) in [7, 11) is 0.